The Morgan fingerprint density at radius 1 is 1.38 bits per heavy atom. The number of carbonyl (C=O) groups is 1. The molecule has 0 unspecified atom stereocenters. The summed E-state index contributed by atoms with van der Waals surface area (Å²) in [5, 5.41) is 6.99. The second-order valence-electron chi connectivity index (χ2n) is 7.17. The summed E-state index contributed by atoms with van der Waals surface area (Å²) in [5.41, 5.74) is 1.96. The monoisotopic (exact) mass is 371 g/mol. The van der Waals surface area contributed by atoms with Crippen LogP contribution in [0.1, 0.15) is 46.6 Å². The predicted molar refractivity (Wildman–Crippen MR) is 100 cm³/mol. The third kappa shape index (κ3) is 3.05. The normalized spacial score (nSPS) is 15.2. The van der Waals surface area contributed by atoms with E-state index < -0.39 is 0 Å². The van der Waals surface area contributed by atoms with Crippen LogP contribution in [0.5, 0.6) is 0 Å². The molecule has 0 radical (unpaired) electrons. The number of carbonyl (C=O) groups excluding carboxylic acids is 1. The molecule has 0 saturated heterocycles. The number of furan rings is 1. The van der Waals surface area contributed by atoms with Gasteiger partial charge >= 0.3 is 0 Å². The zero-order valence-electron chi connectivity index (χ0n) is 15.3. The van der Waals surface area contributed by atoms with E-state index in [0.29, 0.717) is 34.8 Å². The average Bonchev–Trinajstić information content (AvgIpc) is 3.00. The summed E-state index contributed by atoms with van der Waals surface area (Å²) in [4.78, 5) is 27.8. The standard InChI is InChI=1S/C18H21N5O2S/c1-10-8-26-12(21-10)7-23(4)17(24)13-11(2)25-16-14(13)15(19-9-20-16)22-18(3)5-6-18/h8-9H,5-7H2,1-4H3,(H,19,20,22). The van der Waals surface area contributed by atoms with Crippen molar-refractivity contribution < 1.29 is 9.21 Å². The minimum atomic E-state index is -0.118. The van der Waals surface area contributed by atoms with Crippen molar-refractivity contribution in [3.05, 3.63) is 33.7 Å². The van der Waals surface area contributed by atoms with E-state index in [-0.39, 0.29) is 11.4 Å². The minimum Gasteiger partial charge on any atom is -0.442 e. The highest BCUT2D eigenvalue weighted by molar-refractivity contribution is 7.09. The second kappa shape index (κ2) is 6.05. The van der Waals surface area contributed by atoms with E-state index in [4.69, 9.17) is 4.42 Å². The number of aromatic nitrogens is 3. The molecule has 1 aliphatic carbocycles. The van der Waals surface area contributed by atoms with Crippen LogP contribution in [-0.2, 0) is 6.54 Å². The average molecular weight is 371 g/mol. The Labute approximate surface area is 155 Å². The van der Waals surface area contributed by atoms with Gasteiger partial charge in [0.05, 0.1) is 17.5 Å². The van der Waals surface area contributed by atoms with Crippen molar-refractivity contribution in [1.82, 2.24) is 19.9 Å². The van der Waals surface area contributed by atoms with Gasteiger partial charge in [0, 0.05) is 23.7 Å². The van der Waals surface area contributed by atoms with Crippen molar-refractivity contribution >= 4 is 34.2 Å². The SMILES string of the molecule is Cc1csc(CN(C)C(=O)c2c(C)oc3ncnc(NC4(C)CC4)c23)n1. The Morgan fingerprint density at radius 3 is 2.81 bits per heavy atom. The number of anilines is 1. The van der Waals surface area contributed by atoms with Crippen LogP contribution in [0.3, 0.4) is 0 Å². The minimum absolute atomic E-state index is 0.0388. The molecule has 26 heavy (non-hydrogen) atoms. The molecule has 3 heterocycles. The van der Waals surface area contributed by atoms with Gasteiger partial charge in [-0.25, -0.2) is 15.0 Å². The van der Waals surface area contributed by atoms with Crippen LogP contribution in [0.2, 0.25) is 0 Å². The first-order valence-corrected chi connectivity index (χ1v) is 9.43. The predicted octanol–water partition coefficient (Wildman–Crippen LogP) is 3.53. The zero-order chi connectivity index (χ0) is 18.5. The second-order valence-corrected chi connectivity index (χ2v) is 8.11. The van der Waals surface area contributed by atoms with Gasteiger partial charge < -0.3 is 14.6 Å². The number of nitrogens with one attached hydrogen (secondary N) is 1. The summed E-state index contributed by atoms with van der Waals surface area (Å²) in [6, 6.07) is 0. The van der Waals surface area contributed by atoms with E-state index in [0.717, 1.165) is 23.5 Å². The molecule has 1 N–H and O–H groups in total. The maximum atomic E-state index is 13.1. The van der Waals surface area contributed by atoms with E-state index in [9.17, 15) is 4.79 Å². The first kappa shape index (κ1) is 17.0. The molecule has 8 heteroatoms. The molecular formula is C18H21N5O2S. The molecule has 1 fully saturated rings. The first-order valence-electron chi connectivity index (χ1n) is 8.55. The number of fused-ring (bicyclic) bond motifs is 1. The molecule has 0 aromatic carbocycles. The number of rotatable bonds is 5. The molecular weight excluding hydrogens is 350 g/mol. The molecule has 0 aliphatic heterocycles. The quantitative estimate of drug-likeness (QED) is 0.738. The van der Waals surface area contributed by atoms with Gasteiger partial charge in [-0.05, 0) is 33.6 Å². The molecule has 0 atom stereocenters. The van der Waals surface area contributed by atoms with E-state index >= 15 is 0 Å². The summed E-state index contributed by atoms with van der Waals surface area (Å²) in [6.07, 6.45) is 3.64. The van der Waals surface area contributed by atoms with Crippen molar-refractivity contribution in [3.63, 3.8) is 0 Å². The highest BCUT2D eigenvalue weighted by atomic mass is 32.1. The van der Waals surface area contributed by atoms with Crippen molar-refractivity contribution in [2.24, 2.45) is 0 Å². The Kier molecular flexibility index (Phi) is 3.95. The fourth-order valence-electron chi connectivity index (χ4n) is 2.94. The molecule has 1 amide bonds. The van der Waals surface area contributed by atoms with Crippen LogP contribution in [-0.4, -0.2) is 38.3 Å². The van der Waals surface area contributed by atoms with Crippen LogP contribution in [0.15, 0.2) is 16.1 Å². The highest BCUT2D eigenvalue weighted by Crippen LogP contribution is 2.40. The van der Waals surface area contributed by atoms with E-state index in [1.165, 1.54) is 6.33 Å². The molecule has 136 valence electrons. The number of thiazole rings is 1. The van der Waals surface area contributed by atoms with Gasteiger partial charge in [-0.15, -0.1) is 11.3 Å². The lowest BCUT2D eigenvalue weighted by Crippen LogP contribution is -2.27. The van der Waals surface area contributed by atoms with Gasteiger partial charge in [-0.1, -0.05) is 0 Å². The summed E-state index contributed by atoms with van der Waals surface area (Å²) in [6.45, 7) is 6.34. The van der Waals surface area contributed by atoms with Crippen molar-refractivity contribution in [2.75, 3.05) is 12.4 Å². The topological polar surface area (TPSA) is 84.2 Å². The Hall–Kier alpha value is -2.48. The van der Waals surface area contributed by atoms with Gasteiger partial charge in [0.2, 0.25) is 5.71 Å². The first-order chi connectivity index (χ1) is 12.4. The van der Waals surface area contributed by atoms with Gasteiger partial charge in [0.1, 0.15) is 22.9 Å². The number of hydrogen-bond acceptors (Lipinski definition) is 7. The Morgan fingerprint density at radius 2 is 2.15 bits per heavy atom. The van der Waals surface area contributed by atoms with Gasteiger partial charge in [-0.2, -0.15) is 0 Å². The largest absolute Gasteiger partial charge is 0.442 e. The lowest BCUT2D eigenvalue weighted by molar-refractivity contribution is 0.0785. The molecule has 1 saturated carbocycles. The Balaban J connectivity index is 1.70. The van der Waals surface area contributed by atoms with Crippen LogP contribution in [0.25, 0.3) is 11.1 Å². The summed E-state index contributed by atoms with van der Waals surface area (Å²) >= 11 is 1.55. The zero-order valence-corrected chi connectivity index (χ0v) is 16.1. The highest BCUT2D eigenvalue weighted by Gasteiger charge is 2.38. The lowest BCUT2D eigenvalue weighted by Gasteiger charge is -2.17. The molecule has 3 aromatic heterocycles. The summed E-state index contributed by atoms with van der Waals surface area (Å²) in [5.74, 6) is 1.10. The molecule has 3 aromatic rings. The third-order valence-electron chi connectivity index (χ3n) is 4.68. The van der Waals surface area contributed by atoms with Gasteiger partial charge in [0.15, 0.2) is 0 Å². The van der Waals surface area contributed by atoms with Crippen LogP contribution in [0, 0.1) is 13.8 Å². The van der Waals surface area contributed by atoms with Gasteiger partial charge in [-0.3, -0.25) is 4.79 Å². The number of aryl methyl sites for hydroxylation is 2. The molecule has 0 spiro atoms. The number of amides is 1. The molecule has 4 rings (SSSR count). The lowest BCUT2D eigenvalue weighted by atomic mass is 10.1. The van der Waals surface area contributed by atoms with Crippen molar-refractivity contribution in [2.45, 2.75) is 45.7 Å². The van der Waals surface area contributed by atoms with Crippen LogP contribution >= 0.6 is 11.3 Å². The van der Waals surface area contributed by atoms with Crippen molar-refractivity contribution in [1.29, 1.82) is 0 Å². The Bertz CT molecular complexity index is 989. The number of nitrogens with zero attached hydrogens (tertiary/aromatic N) is 4. The van der Waals surface area contributed by atoms with Crippen LogP contribution in [0.4, 0.5) is 5.82 Å². The van der Waals surface area contributed by atoms with E-state index in [2.05, 4.69) is 27.2 Å². The maximum absolute atomic E-state index is 13.1. The molecule has 0 bridgehead atoms. The maximum Gasteiger partial charge on any atom is 0.258 e. The van der Waals surface area contributed by atoms with Crippen LogP contribution < -0.4 is 5.32 Å². The smallest absolute Gasteiger partial charge is 0.258 e. The van der Waals surface area contributed by atoms with E-state index in [1.54, 1.807) is 30.2 Å². The number of hydrogen-bond donors (Lipinski definition) is 1. The summed E-state index contributed by atoms with van der Waals surface area (Å²) in [7, 11) is 1.77. The molecule has 7 nitrogen and oxygen atoms in total. The van der Waals surface area contributed by atoms with Gasteiger partial charge in [0.25, 0.3) is 5.91 Å². The summed E-state index contributed by atoms with van der Waals surface area (Å²) < 4.78 is 5.75. The fraction of sp³-hybridized carbons (Fsp3) is 0.444. The molecule has 1 aliphatic rings. The third-order valence-corrected chi connectivity index (χ3v) is 5.64. The van der Waals surface area contributed by atoms with E-state index in [1.807, 2.05) is 12.3 Å². The fourth-order valence-corrected chi connectivity index (χ4v) is 3.76. The van der Waals surface area contributed by atoms with Crippen molar-refractivity contribution in [3.8, 4) is 0 Å².